The maximum Gasteiger partial charge on any atom is 0.416 e. The third-order valence-corrected chi connectivity index (χ3v) is 6.81. The molecule has 0 saturated heterocycles. The van der Waals surface area contributed by atoms with Crippen molar-refractivity contribution in [2.45, 2.75) is 38.5 Å². The number of halogens is 5. The second-order valence-corrected chi connectivity index (χ2v) is 8.96. The third-order valence-electron chi connectivity index (χ3n) is 6.04. The van der Waals surface area contributed by atoms with Gasteiger partial charge in [-0.3, -0.25) is 4.79 Å². The van der Waals surface area contributed by atoms with Crippen LogP contribution in [0.5, 0.6) is 5.75 Å². The molecule has 1 fully saturated rings. The van der Waals surface area contributed by atoms with Crippen LogP contribution in [0.15, 0.2) is 30.3 Å². The van der Waals surface area contributed by atoms with Crippen LogP contribution < -0.4 is 4.74 Å². The number of carboxylic acid groups (broad SMARTS) is 1. The van der Waals surface area contributed by atoms with Crippen molar-refractivity contribution in [2.75, 3.05) is 0 Å². The monoisotopic (exact) mass is 485 g/mol. The van der Waals surface area contributed by atoms with E-state index < -0.39 is 23.6 Å². The lowest BCUT2D eigenvalue weighted by Gasteiger charge is -2.33. The van der Waals surface area contributed by atoms with Crippen molar-refractivity contribution in [2.24, 2.45) is 13.0 Å². The average molecular weight is 486 g/mol. The van der Waals surface area contributed by atoms with Gasteiger partial charge in [0.2, 0.25) is 0 Å². The predicted molar refractivity (Wildman–Crippen MR) is 117 cm³/mol. The molecule has 0 amide bonds. The van der Waals surface area contributed by atoms with Gasteiger partial charge in [0.15, 0.2) is 0 Å². The number of nitrogens with zero attached hydrogens (tertiary/aromatic N) is 1. The molecule has 0 atom stereocenters. The number of hydrogen-bond acceptors (Lipinski definition) is 2. The second-order valence-electron chi connectivity index (χ2n) is 8.18. The molecule has 0 bridgehead atoms. The number of carbonyl (C=O) groups is 1. The van der Waals surface area contributed by atoms with Gasteiger partial charge in [0.1, 0.15) is 11.9 Å². The molecule has 4 nitrogen and oxygen atoms in total. The van der Waals surface area contributed by atoms with Gasteiger partial charge in [-0.05, 0) is 61.2 Å². The Hall–Kier alpha value is -2.38. The summed E-state index contributed by atoms with van der Waals surface area (Å²) in [5.41, 5.74) is 1.66. The summed E-state index contributed by atoms with van der Waals surface area (Å²) >= 11 is 13.0. The number of aromatic nitrogens is 1. The highest BCUT2D eigenvalue weighted by atomic mass is 35.5. The molecule has 1 aliphatic rings. The Balaban J connectivity index is 1.65. The molecule has 0 aliphatic heterocycles. The highest BCUT2D eigenvalue weighted by molar-refractivity contribution is 6.37. The van der Waals surface area contributed by atoms with E-state index in [4.69, 9.17) is 33.0 Å². The van der Waals surface area contributed by atoms with Crippen LogP contribution in [0.1, 0.15) is 35.2 Å². The molecule has 9 heteroatoms. The van der Waals surface area contributed by atoms with E-state index in [-0.39, 0.29) is 6.10 Å². The molecule has 0 radical (unpaired) electrons. The third kappa shape index (κ3) is 4.16. The van der Waals surface area contributed by atoms with E-state index in [9.17, 15) is 18.0 Å². The van der Waals surface area contributed by atoms with Gasteiger partial charge in [-0.1, -0.05) is 23.2 Å². The molecule has 4 rings (SSSR count). The Morgan fingerprint density at radius 2 is 1.91 bits per heavy atom. The fraction of sp³-hybridized carbons (Fsp3) is 0.348. The highest BCUT2D eigenvalue weighted by Gasteiger charge is 2.36. The number of benzene rings is 2. The number of aliphatic carboxylic acids is 1. The van der Waals surface area contributed by atoms with Crippen LogP contribution in [0.3, 0.4) is 0 Å². The summed E-state index contributed by atoms with van der Waals surface area (Å²) in [7, 11) is 1.71. The zero-order valence-corrected chi connectivity index (χ0v) is 18.8. The molecule has 1 heterocycles. The average Bonchev–Trinajstić information content (AvgIpc) is 2.98. The molecule has 1 saturated carbocycles. The van der Waals surface area contributed by atoms with Gasteiger partial charge in [0, 0.05) is 35.1 Å². The molecular formula is C23H20Cl2F3NO3. The molecule has 1 N–H and O–H groups in total. The number of aryl methyl sites for hydroxylation is 2. The quantitative estimate of drug-likeness (QED) is 0.440. The number of alkyl halides is 3. The summed E-state index contributed by atoms with van der Waals surface area (Å²) in [5, 5.41) is 10.5. The summed E-state index contributed by atoms with van der Waals surface area (Å²) < 4.78 is 47.3. The first-order valence-electron chi connectivity index (χ1n) is 9.98. The van der Waals surface area contributed by atoms with E-state index in [0.29, 0.717) is 51.7 Å². The minimum atomic E-state index is -4.43. The molecular weight excluding hydrogens is 466 g/mol. The van der Waals surface area contributed by atoms with Crippen LogP contribution >= 0.6 is 23.2 Å². The van der Waals surface area contributed by atoms with Gasteiger partial charge in [0.25, 0.3) is 0 Å². The zero-order chi connectivity index (χ0) is 23.4. The minimum absolute atomic E-state index is 0.233. The Bertz CT molecular complexity index is 1210. The first kappa shape index (κ1) is 22.8. The smallest absolute Gasteiger partial charge is 0.416 e. The van der Waals surface area contributed by atoms with E-state index in [1.54, 1.807) is 30.7 Å². The van der Waals surface area contributed by atoms with Crippen LogP contribution in [0, 0.1) is 12.8 Å². The number of fused-ring (bicyclic) bond motifs is 1. The normalized spacial score (nSPS) is 18.6. The Kier molecular flexibility index (Phi) is 5.84. The van der Waals surface area contributed by atoms with Crippen LogP contribution in [0.2, 0.25) is 10.0 Å². The van der Waals surface area contributed by atoms with E-state index in [0.717, 1.165) is 23.2 Å². The molecule has 32 heavy (non-hydrogen) atoms. The highest BCUT2D eigenvalue weighted by Crippen LogP contribution is 2.40. The van der Waals surface area contributed by atoms with Gasteiger partial charge in [0.05, 0.1) is 16.5 Å². The van der Waals surface area contributed by atoms with E-state index >= 15 is 0 Å². The molecule has 1 aliphatic carbocycles. The lowest BCUT2D eigenvalue weighted by Crippen LogP contribution is -2.38. The van der Waals surface area contributed by atoms with Crippen LogP contribution in [0.4, 0.5) is 13.2 Å². The topological polar surface area (TPSA) is 51.5 Å². The summed E-state index contributed by atoms with van der Waals surface area (Å²) in [6.07, 6.45) is -3.54. The van der Waals surface area contributed by atoms with Gasteiger partial charge in [-0.2, -0.15) is 13.2 Å². The van der Waals surface area contributed by atoms with Crippen molar-refractivity contribution < 1.29 is 27.8 Å². The fourth-order valence-corrected chi connectivity index (χ4v) is 4.60. The van der Waals surface area contributed by atoms with Crippen molar-refractivity contribution in [1.29, 1.82) is 0 Å². The first-order valence-corrected chi connectivity index (χ1v) is 10.7. The van der Waals surface area contributed by atoms with Gasteiger partial charge >= 0.3 is 12.1 Å². The number of ether oxygens (including phenoxy) is 1. The first-order chi connectivity index (χ1) is 15.0. The van der Waals surface area contributed by atoms with Gasteiger partial charge < -0.3 is 14.4 Å². The van der Waals surface area contributed by atoms with Crippen LogP contribution in [-0.4, -0.2) is 21.7 Å². The maximum absolute atomic E-state index is 13.2. The largest absolute Gasteiger partial charge is 0.489 e. The maximum atomic E-state index is 13.2. The van der Waals surface area contributed by atoms with E-state index in [2.05, 4.69) is 0 Å². The van der Waals surface area contributed by atoms with Crippen molar-refractivity contribution in [3.8, 4) is 5.75 Å². The number of carboxylic acids is 1. The van der Waals surface area contributed by atoms with E-state index in [1.165, 1.54) is 0 Å². The molecule has 2 aromatic carbocycles. The number of hydrogen-bond donors (Lipinski definition) is 1. The minimum Gasteiger partial charge on any atom is -0.489 e. The summed E-state index contributed by atoms with van der Waals surface area (Å²) in [4.78, 5) is 11.0. The predicted octanol–water partition coefficient (Wildman–Crippen LogP) is 6.65. The van der Waals surface area contributed by atoms with Crippen molar-refractivity contribution in [3.63, 3.8) is 0 Å². The second kappa shape index (κ2) is 8.19. The molecule has 1 aromatic heterocycles. The van der Waals surface area contributed by atoms with Crippen molar-refractivity contribution >= 4 is 40.1 Å². The van der Waals surface area contributed by atoms with Crippen LogP contribution in [-0.2, 0) is 24.4 Å². The van der Waals surface area contributed by atoms with Gasteiger partial charge in [-0.25, -0.2) is 0 Å². The summed E-state index contributed by atoms with van der Waals surface area (Å²) in [6, 6.07) is 7.42. The lowest BCUT2D eigenvalue weighted by atomic mass is 9.82. The molecule has 0 spiro atoms. The Morgan fingerprint density at radius 3 is 2.53 bits per heavy atom. The van der Waals surface area contributed by atoms with Gasteiger partial charge in [-0.15, -0.1) is 0 Å². The summed E-state index contributed by atoms with van der Waals surface area (Å²) in [6.45, 7) is 1.65. The van der Waals surface area contributed by atoms with E-state index in [1.807, 2.05) is 6.07 Å². The van der Waals surface area contributed by atoms with Crippen molar-refractivity contribution in [3.05, 3.63) is 62.8 Å². The number of rotatable bonds is 5. The Labute approximate surface area is 192 Å². The lowest BCUT2D eigenvalue weighted by molar-refractivity contribution is -0.148. The van der Waals surface area contributed by atoms with Crippen LogP contribution in [0.25, 0.3) is 10.9 Å². The summed E-state index contributed by atoms with van der Waals surface area (Å²) in [5.74, 6) is -0.840. The van der Waals surface area contributed by atoms with Crippen molar-refractivity contribution in [1.82, 2.24) is 4.57 Å². The SMILES string of the molecule is Cc1cc(C(F)(F)F)cc2c1cc(Cc1c(Cl)ccc(O[C@H]3C[C@H](C(=O)O)C3)c1Cl)n2C. The molecule has 170 valence electrons. The zero-order valence-electron chi connectivity index (χ0n) is 17.3. The fourth-order valence-electron chi connectivity index (χ4n) is 4.05. The molecule has 0 unspecified atom stereocenters. The Morgan fingerprint density at radius 1 is 1.22 bits per heavy atom. The molecule has 3 aromatic rings. The standard InChI is InChI=1S/C23H20Cl2F3NO3/c1-11-5-13(23(26,27)28)8-19-16(11)9-14(29(19)2)10-17-18(24)3-4-20(21(17)25)32-15-6-12(7-15)22(30)31/h3-5,8-9,12,15H,6-7,10H2,1-2H3,(H,30,31)/t12-,15-.